The molecule has 3 amide bonds. The number of allylic oxidation sites excluding steroid dienone is 1. The number of benzene rings is 1. The molecule has 1 aromatic rings. The van der Waals surface area contributed by atoms with E-state index in [0.717, 1.165) is 11.3 Å². The maximum absolute atomic E-state index is 14.1. The van der Waals surface area contributed by atoms with E-state index in [2.05, 4.69) is 4.99 Å². The fourth-order valence-corrected chi connectivity index (χ4v) is 3.09. The number of carbonyl (C=O) groups is 2. The first-order valence-corrected chi connectivity index (χ1v) is 8.59. The third kappa shape index (κ3) is 3.14. The second-order valence-corrected chi connectivity index (χ2v) is 6.36. The molecule has 0 aliphatic carbocycles. The molecule has 0 saturated heterocycles. The van der Waals surface area contributed by atoms with Gasteiger partial charge >= 0.3 is 11.9 Å². The Morgan fingerprint density at radius 1 is 1.38 bits per heavy atom. The standard InChI is InChI=1S/C18H18ClFN3O3/c1-3-9-26-14-7-8-21-16-15(14)17(24)23(18(25)22(16)2)10-11-12(19)5-4-6-13(11)20/h4-8,15H,3,9-10H2,1-2H3/q+1. The van der Waals surface area contributed by atoms with Crippen LogP contribution >= 0.6 is 11.6 Å². The van der Waals surface area contributed by atoms with Gasteiger partial charge in [0.1, 0.15) is 24.3 Å². The van der Waals surface area contributed by atoms with Crippen molar-refractivity contribution in [1.29, 1.82) is 0 Å². The first-order chi connectivity index (χ1) is 12.5. The van der Waals surface area contributed by atoms with Crippen LogP contribution in [-0.4, -0.2) is 47.1 Å². The fraction of sp³-hybridized carbons (Fsp3) is 0.333. The highest BCUT2D eigenvalue weighted by Gasteiger charge is 2.49. The van der Waals surface area contributed by atoms with Crippen molar-refractivity contribution in [2.45, 2.75) is 19.9 Å². The Morgan fingerprint density at radius 2 is 2.15 bits per heavy atom. The zero-order valence-corrected chi connectivity index (χ0v) is 15.2. The van der Waals surface area contributed by atoms with E-state index in [1.807, 2.05) is 6.92 Å². The minimum Gasteiger partial charge on any atom is -0.496 e. The second-order valence-electron chi connectivity index (χ2n) is 5.95. The lowest BCUT2D eigenvalue weighted by Gasteiger charge is -2.28. The summed E-state index contributed by atoms with van der Waals surface area (Å²) in [5, 5.41) is 0.155. The van der Waals surface area contributed by atoms with E-state index in [9.17, 15) is 14.0 Å². The van der Waals surface area contributed by atoms with Crippen molar-refractivity contribution in [3.63, 3.8) is 0 Å². The number of imide groups is 1. The van der Waals surface area contributed by atoms with Crippen molar-refractivity contribution in [2.24, 2.45) is 10.9 Å². The van der Waals surface area contributed by atoms with Crippen LogP contribution in [0.3, 0.4) is 0 Å². The van der Waals surface area contributed by atoms with Crippen LogP contribution in [0.5, 0.6) is 0 Å². The maximum atomic E-state index is 14.1. The predicted molar refractivity (Wildman–Crippen MR) is 94.9 cm³/mol. The molecule has 1 unspecified atom stereocenters. The van der Waals surface area contributed by atoms with Gasteiger partial charge in [-0.1, -0.05) is 24.6 Å². The summed E-state index contributed by atoms with van der Waals surface area (Å²) < 4.78 is 21.1. The number of fused-ring (bicyclic) bond motifs is 1. The number of nitrogens with zero attached hydrogens (tertiary/aromatic N) is 3. The van der Waals surface area contributed by atoms with Crippen LogP contribution in [-0.2, 0) is 16.1 Å². The first kappa shape index (κ1) is 18.3. The molecule has 0 aromatic heterocycles. The van der Waals surface area contributed by atoms with Gasteiger partial charge in [0.15, 0.2) is 5.92 Å². The summed E-state index contributed by atoms with van der Waals surface area (Å²) in [5.74, 6) is -1.20. The van der Waals surface area contributed by atoms with Gasteiger partial charge in [-0.2, -0.15) is 9.48 Å². The molecule has 0 fully saturated rings. The Balaban J connectivity index is 1.98. The molecule has 2 aliphatic heterocycles. The van der Waals surface area contributed by atoms with Crippen molar-refractivity contribution in [3.8, 4) is 0 Å². The van der Waals surface area contributed by atoms with Gasteiger partial charge in [0, 0.05) is 16.7 Å². The van der Waals surface area contributed by atoms with E-state index in [1.165, 1.54) is 36.0 Å². The van der Waals surface area contributed by atoms with E-state index in [1.54, 1.807) is 6.08 Å². The van der Waals surface area contributed by atoms with Gasteiger partial charge in [0.05, 0.1) is 13.7 Å². The van der Waals surface area contributed by atoms with Crippen molar-refractivity contribution < 1.29 is 23.3 Å². The van der Waals surface area contributed by atoms with Crippen molar-refractivity contribution >= 4 is 35.6 Å². The van der Waals surface area contributed by atoms with Gasteiger partial charge in [0.2, 0.25) is 0 Å². The van der Waals surface area contributed by atoms with Crippen LogP contribution < -0.4 is 0 Å². The van der Waals surface area contributed by atoms with Crippen LogP contribution in [0.25, 0.3) is 0 Å². The van der Waals surface area contributed by atoms with E-state index in [4.69, 9.17) is 16.3 Å². The first-order valence-electron chi connectivity index (χ1n) is 8.21. The number of carbonyl (C=O) groups excluding carboxylic acids is 2. The largest absolute Gasteiger partial charge is 0.496 e. The highest BCUT2D eigenvalue weighted by atomic mass is 35.5. The molecule has 1 atom stereocenters. The van der Waals surface area contributed by atoms with Crippen molar-refractivity contribution in [2.75, 3.05) is 13.7 Å². The topological polar surface area (TPSA) is 62.0 Å². The van der Waals surface area contributed by atoms with Crippen LogP contribution in [0.15, 0.2) is 35.0 Å². The monoisotopic (exact) mass is 378 g/mol. The zero-order valence-electron chi connectivity index (χ0n) is 14.4. The quantitative estimate of drug-likeness (QED) is 0.740. The Hall–Kier alpha value is -2.54. The normalized spacial score (nSPS) is 19.6. The van der Waals surface area contributed by atoms with Gasteiger partial charge in [0.25, 0.3) is 5.84 Å². The van der Waals surface area contributed by atoms with Gasteiger partial charge < -0.3 is 4.74 Å². The van der Waals surface area contributed by atoms with Crippen molar-refractivity contribution in [3.05, 3.63) is 46.4 Å². The molecule has 0 radical (unpaired) electrons. The lowest BCUT2D eigenvalue weighted by atomic mass is 9.99. The van der Waals surface area contributed by atoms with Gasteiger partial charge in [-0.25, -0.2) is 9.18 Å². The molecule has 2 aliphatic rings. The average molecular weight is 379 g/mol. The Bertz CT molecular complexity index is 843. The molecule has 136 valence electrons. The highest BCUT2D eigenvalue weighted by molar-refractivity contribution is 6.31. The van der Waals surface area contributed by atoms with Crippen molar-refractivity contribution in [1.82, 2.24) is 4.90 Å². The van der Waals surface area contributed by atoms with Crippen LogP contribution in [0, 0.1) is 11.7 Å². The Morgan fingerprint density at radius 3 is 2.85 bits per heavy atom. The smallest absolute Gasteiger partial charge is 0.445 e. The molecule has 6 nitrogen and oxygen atoms in total. The van der Waals surface area contributed by atoms with E-state index < -0.39 is 23.7 Å². The maximum Gasteiger partial charge on any atom is 0.445 e. The third-order valence-electron chi connectivity index (χ3n) is 4.21. The minimum absolute atomic E-state index is 0.0898. The number of hydrogen-bond acceptors (Lipinski definition) is 4. The molecule has 2 heterocycles. The van der Waals surface area contributed by atoms with E-state index >= 15 is 0 Å². The second kappa shape index (κ2) is 7.37. The molecule has 8 heteroatoms. The summed E-state index contributed by atoms with van der Waals surface area (Å²) in [5.41, 5.74) is 0.0898. The highest BCUT2D eigenvalue weighted by Crippen LogP contribution is 2.28. The van der Waals surface area contributed by atoms with Gasteiger partial charge in [-0.15, -0.1) is 4.99 Å². The lowest BCUT2D eigenvalue weighted by Crippen LogP contribution is -2.54. The molecule has 1 aromatic carbocycles. The molecular formula is C18H18ClFN3O3+. The predicted octanol–water partition coefficient (Wildman–Crippen LogP) is 2.99. The lowest BCUT2D eigenvalue weighted by molar-refractivity contribution is -0.409. The molecule has 0 bridgehead atoms. The van der Waals surface area contributed by atoms with Crippen LogP contribution in [0.4, 0.5) is 9.18 Å². The number of halogens is 2. The summed E-state index contributed by atoms with van der Waals surface area (Å²) >= 11 is 6.05. The Labute approximate surface area is 155 Å². The molecule has 0 N–H and O–H groups in total. The van der Waals surface area contributed by atoms with E-state index in [0.29, 0.717) is 18.2 Å². The number of urea groups is 1. The molecular weight excluding hydrogens is 361 g/mol. The number of aliphatic imine (C=N–C) groups is 1. The minimum atomic E-state index is -0.834. The number of hydrogen-bond donors (Lipinski definition) is 0. The number of amidine groups is 1. The number of dihydropyridines is 1. The number of rotatable bonds is 5. The molecule has 0 spiro atoms. The SMILES string of the molecule is CCCOC1=CC=NC2=[N+](C)C(=O)N(Cc3c(F)cccc3Cl)C(=O)C12. The summed E-state index contributed by atoms with van der Waals surface area (Å²) in [6, 6.07) is 3.63. The fourth-order valence-electron chi connectivity index (χ4n) is 2.87. The van der Waals surface area contributed by atoms with Gasteiger partial charge in [-0.05, 0) is 18.6 Å². The summed E-state index contributed by atoms with van der Waals surface area (Å²) in [4.78, 5) is 30.8. The third-order valence-corrected chi connectivity index (χ3v) is 4.57. The molecule has 0 saturated carbocycles. The molecule has 3 rings (SSSR count). The Kier molecular flexibility index (Phi) is 5.18. The van der Waals surface area contributed by atoms with Gasteiger partial charge in [-0.3, -0.25) is 4.79 Å². The average Bonchev–Trinajstić information content (AvgIpc) is 2.63. The van der Waals surface area contributed by atoms with Crippen LogP contribution in [0.2, 0.25) is 5.02 Å². The summed E-state index contributed by atoms with van der Waals surface area (Å²) in [6.07, 6.45) is 3.88. The van der Waals surface area contributed by atoms with Crippen LogP contribution in [0.1, 0.15) is 18.9 Å². The summed E-state index contributed by atoms with van der Waals surface area (Å²) in [7, 11) is 1.52. The number of ether oxygens (including phenoxy) is 1. The number of amides is 3. The zero-order chi connectivity index (χ0) is 18.8. The summed E-state index contributed by atoms with van der Waals surface area (Å²) in [6.45, 7) is 2.13. The molecule has 26 heavy (non-hydrogen) atoms. The van der Waals surface area contributed by atoms with E-state index in [-0.39, 0.29) is 17.1 Å².